The summed E-state index contributed by atoms with van der Waals surface area (Å²) in [6.45, 7) is 1.25. The third-order valence-corrected chi connectivity index (χ3v) is 4.03. The van der Waals surface area contributed by atoms with Crippen molar-refractivity contribution in [3.05, 3.63) is 29.3 Å². The lowest BCUT2D eigenvalue weighted by Crippen LogP contribution is -2.31. The molecule has 76 valence electrons. The largest absolute Gasteiger partial charge is 0.284 e. The SMILES string of the molecule is C1=Nc2cccc3c2C1N1CCCCC31. The Bertz CT molecular complexity index is 450. The average molecular weight is 198 g/mol. The Morgan fingerprint density at radius 3 is 3.27 bits per heavy atom. The summed E-state index contributed by atoms with van der Waals surface area (Å²) in [6, 6.07) is 7.79. The molecule has 1 aromatic rings. The number of rotatable bonds is 0. The number of hydrogen-bond acceptors (Lipinski definition) is 2. The van der Waals surface area contributed by atoms with Crippen molar-refractivity contribution >= 4 is 11.9 Å². The molecule has 15 heavy (non-hydrogen) atoms. The van der Waals surface area contributed by atoms with E-state index in [1.54, 1.807) is 5.56 Å². The Balaban J connectivity index is 1.93. The second-order valence-electron chi connectivity index (χ2n) is 4.75. The van der Waals surface area contributed by atoms with Gasteiger partial charge in [0.05, 0.1) is 11.7 Å². The topological polar surface area (TPSA) is 15.6 Å². The monoisotopic (exact) mass is 198 g/mol. The van der Waals surface area contributed by atoms with Gasteiger partial charge in [-0.1, -0.05) is 18.6 Å². The van der Waals surface area contributed by atoms with Gasteiger partial charge in [0.2, 0.25) is 0 Å². The van der Waals surface area contributed by atoms with Crippen LogP contribution in [0.4, 0.5) is 5.69 Å². The highest BCUT2D eigenvalue weighted by molar-refractivity contribution is 5.83. The van der Waals surface area contributed by atoms with Gasteiger partial charge < -0.3 is 0 Å². The molecule has 0 radical (unpaired) electrons. The predicted molar refractivity (Wildman–Crippen MR) is 60.6 cm³/mol. The molecule has 0 N–H and O–H groups in total. The summed E-state index contributed by atoms with van der Waals surface area (Å²) in [6.07, 6.45) is 6.21. The lowest BCUT2D eigenvalue weighted by atomic mass is 9.97. The maximum Gasteiger partial charge on any atom is 0.0735 e. The van der Waals surface area contributed by atoms with Gasteiger partial charge in [0.1, 0.15) is 0 Å². The van der Waals surface area contributed by atoms with Crippen LogP contribution in [0.25, 0.3) is 0 Å². The van der Waals surface area contributed by atoms with E-state index in [4.69, 9.17) is 0 Å². The number of aliphatic imine (C=N–C) groups is 1. The van der Waals surface area contributed by atoms with E-state index in [1.165, 1.54) is 37.1 Å². The molecule has 0 amide bonds. The van der Waals surface area contributed by atoms with Crippen molar-refractivity contribution in [3.8, 4) is 0 Å². The van der Waals surface area contributed by atoms with Crippen LogP contribution in [-0.2, 0) is 0 Å². The molecule has 0 spiro atoms. The van der Waals surface area contributed by atoms with Gasteiger partial charge in [-0.25, -0.2) is 0 Å². The maximum absolute atomic E-state index is 4.52. The van der Waals surface area contributed by atoms with E-state index in [1.807, 2.05) is 0 Å². The molecule has 0 saturated carbocycles. The van der Waals surface area contributed by atoms with Gasteiger partial charge >= 0.3 is 0 Å². The van der Waals surface area contributed by atoms with E-state index in [0.29, 0.717) is 12.1 Å². The Hall–Kier alpha value is -1.15. The van der Waals surface area contributed by atoms with Crippen LogP contribution < -0.4 is 0 Å². The second-order valence-corrected chi connectivity index (χ2v) is 4.75. The number of fused-ring (bicyclic) bond motifs is 3. The molecule has 3 aliphatic rings. The summed E-state index contributed by atoms with van der Waals surface area (Å²) in [5.41, 5.74) is 4.27. The zero-order valence-electron chi connectivity index (χ0n) is 8.69. The fourth-order valence-corrected chi connectivity index (χ4v) is 3.39. The number of nitrogens with zero attached hydrogens (tertiary/aromatic N) is 2. The van der Waals surface area contributed by atoms with Crippen LogP contribution in [-0.4, -0.2) is 17.7 Å². The van der Waals surface area contributed by atoms with E-state index in [2.05, 4.69) is 34.3 Å². The first-order chi connectivity index (χ1) is 7.45. The lowest BCUT2D eigenvalue weighted by Gasteiger charge is -2.32. The summed E-state index contributed by atoms with van der Waals surface area (Å²) in [7, 11) is 0. The molecule has 3 heterocycles. The van der Waals surface area contributed by atoms with E-state index in [0.717, 1.165) is 0 Å². The van der Waals surface area contributed by atoms with Gasteiger partial charge in [-0.3, -0.25) is 9.89 Å². The van der Waals surface area contributed by atoms with Crippen LogP contribution in [0.1, 0.15) is 42.5 Å². The van der Waals surface area contributed by atoms with Gasteiger partial charge in [0.25, 0.3) is 0 Å². The minimum Gasteiger partial charge on any atom is -0.284 e. The molecular weight excluding hydrogens is 184 g/mol. The second kappa shape index (κ2) is 2.70. The molecule has 1 fully saturated rings. The number of piperidine rings is 1. The summed E-state index contributed by atoms with van der Waals surface area (Å²) >= 11 is 0. The van der Waals surface area contributed by atoms with E-state index in [9.17, 15) is 0 Å². The van der Waals surface area contributed by atoms with E-state index >= 15 is 0 Å². The Labute approximate surface area is 89.6 Å². The van der Waals surface area contributed by atoms with Gasteiger partial charge in [-0.15, -0.1) is 0 Å². The Kier molecular flexibility index (Phi) is 1.45. The molecular formula is C13H14N2. The summed E-state index contributed by atoms with van der Waals surface area (Å²) in [4.78, 5) is 7.15. The van der Waals surface area contributed by atoms with Crippen LogP contribution in [0.15, 0.2) is 23.2 Å². The quantitative estimate of drug-likeness (QED) is 0.625. The molecule has 2 atom stereocenters. The molecule has 4 rings (SSSR count). The zero-order valence-corrected chi connectivity index (χ0v) is 8.69. The fourth-order valence-electron chi connectivity index (χ4n) is 3.39. The van der Waals surface area contributed by atoms with Crippen molar-refractivity contribution < 1.29 is 0 Å². The minimum absolute atomic E-state index is 0.501. The van der Waals surface area contributed by atoms with Crippen molar-refractivity contribution in [1.82, 2.24) is 4.90 Å². The summed E-state index contributed by atoms with van der Waals surface area (Å²) in [5, 5.41) is 0. The molecule has 0 aromatic heterocycles. The Morgan fingerprint density at radius 2 is 2.27 bits per heavy atom. The minimum atomic E-state index is 0.501. The molecule has 2 unspecified atom stereocenters. The Morgan fingerprint density at radius 1 is 1.27 bits per heavy atom. The normalized spacial score (nSPS) is 31.7. The lowest BCUT2D eigenvalue weighted by molar-refractivity contribution is 0.153. The van der Waals surface area contributed by atoms with Crippen LogP contribution in [0.2, 0.25) is 0 Å². The molecule has 0 aliphatic carbocycles. The number of hydrogen-bond donors (Lipinski definition) is 0. The average Bonchev–Trinajstić information content (AvgIpc) is 2.85. The van der Waals surface area contributed by atoms with E-state index < -0.39 is 0 Å². The highest BCUT2D eigenvalue weighted by Gasteiger charge is 2.41. The van der Waals surface area contributed by atoms with Gasteiger partial charge in [0.15, 0.2) is 0 Å². The van der Waals surface area contributed by atoms with Crippen LogP contribution in [0, 0.1) is 0 Å². The third kappa shape index (κ3) is 0.907. The van der Waals surface area contributed by atoms with Gasteiger partial charge in [-0.05, 0) is 31.0 Å². The van der Waals surface area contributed by atoms with Crippen LogP contribution in [0.3, 0.4) is 0 Å². The maximum atomic E-state index is 4.52. The standard InChI is InChI=1S/C13H14N2/c1-2-7-15-11(6-1)9-4-3-5-10-13(9)12(15)8-14-10/h3-5,8,11-12H,1-2,6-7H2. The highest BCUT2D eigenvalue weighted by Crippen LogP contribution is 2.51. The molecule has 3 aliphatic heterocycles. The first-order valence-corrected chi connectivity index (χ1v) is 5.88. The third-order valence-electron chi connectivity index (χ3n) is 4.03. The summed E-state index contributed by atoms with van der Waals surface area (Å²) in [5.74, 6) is 0. The summed E-state index contributed by atoms with van der Waals surface area (Å²) < 4.78 is 0. The van der Waals surface area contributed by atoms with Crippen molar-refractivity contribution in [2.75, 3.05) is 6.54 Å². The highest BCUT2D eigenvalue weighted by atomic mass is 15.2. The van der Waals surface area contributed by atoms with Crippen LogP contribution in [0.5, 0.6) is 0 Å². The molecule has 1 saturated heterocycles. The predicted octanol–water partition coefficient (Wildman–Crippen LogP) is 2.98. The molecule has 0 bridgehead atoms. The van der Waals surface area contributed by atoms with Crippen LogP contribution >= 0.6 is 0 Å². The molecule has 2 heteroatoms. The molecule has 1 aromatic carbocycles. The first-order valence-electron chi connectivity index (χ1n) is 5.88. The van der Waals surface area contributed by atoms with Crippen molar-refractivity contribution in [3.63, 3.8) is 0 Å². The van der Waals surface area contributed by atoms with Gasteiger partial charge in [-0.2, -0.15) is 0 Å². The number of benzene rings is 1. The zero-order chi connectivity index (χ0) is 9.83. The van der Waals surface area contributed by atoms with Crippen molar-refractivity contribution in [2.24, 2.45) is 4.99 Å². The fraction of sp³-hybridized carbons (Fsp3) is 0.462. The van der Waals surface area contributed by atoms with Crippen molar-refractivity contribution in [1.29, 1.82) is 0 Å². The molecule has 2 nitrogen and oxygen atoms in total. The van der Waals surface area contributed by atoms with Crippen molar-refractivity contribution in [2.45, 2.75) is 31.3 Å². The smallest absolute Gasteiger partial charge is 0.0735 e. The van der Waals surface area contributed by atoms with E-state index in [-0.39, 0.29) is 0 Å². The first kappa shape index (κ1) is 8.05. The van der Waals surface area contributed by atoms with Gasteiger partial charge in [0, 0.05) is 17.8 Å².